The molecule has 0 aliphatic carbocycles. The molecular formula is C16H36N4O. The molecule has 5 nitrogen and oxygen atoms in total. The standard InChI is InChI=1S/C16H36N4O/c1-7-11-19(12-8-2)20-13-14-21-15-16(20,17(5)6)18(9-3)10-4/h7-15H2,1-6H3. The van der Waals surface area contributed by atoms with Crippen molar-refractivity contribution in [3.05, 3.63) is 0 Å². The highest BCUT2D eigenvalue weighted by Crippen LogP contribution is 2.29. The lowest BCUT2D eigenvalue weighted by molar-refractivity contribution is -0.285. The lowest BCUT2D eigenvalue weighted by atomic mass is 10.2. The SMILES string of the molecule is CCCN(CCC)N1CCOCC1(N(C)C)N(CC)CC. The Morgan fingerprint density at radius 3 is 2.00 bits per heavy atom. The van der Waals surface area contributed by atoms with Gasteiger partial charge < -0.3 is 4.74 Å². The molecule has 1 rings (SSSR count). The summed E-state index contributed by atoms with van der Waals surface area (Å²) in [5, 5.41) is 5.11. The minimum Gasteiger partial charge on any atom is -0.375 e. The van der Waals surface area contributed by atoms with Gasteiger partial charge in [0.2, 0.25) is 0 Å². The Morgan fingerprint density at radius 2 is 1.57 bits per heavy atom. The molecule has 1 fully saturated rings. The molecule has 126 valence electrons. The third-order valence-corrected chi connectivity index (χ3v) is 4.45. The Balaban J connectivity index is 3.14. The van der Waals surface area contributed by atoms with Crippen LogP contribution in [0.3, 0.4) is 0 Å². The zero-order valence-corrected chi connectivity index (χ0v) is 15.1. The van der Waals surface area contributed by atoms with Crippen LogP contribution in [-0.2, 0) is 4.74 Å². The van der Waals surface area contributed by atoms with Crippen molar-refractivity contribution in [1.82, 2.24) is 19.8 Å². The molecule has 0 aromatic rings. The number of hydrazine groups is 1. The third kappa shape index (κ3) is 3.96. The Labute approximate surface area is 131 Å². The molecule has 1 atom stereocenters. The fourth-order valence-corrected chi connectivity index (χ4v) is 3.48. The predicted octanol–water partition coefficient (Wildman–Crippen LogP) is 1.91. The van der Waals surface area contributed by atoms with E-state index < -0.39 is 0 Å². The Hall–Kier alpha value is -0.200. The lowest BCUT2D eigenvalue weighted by Gasteiger charge is -2.58. The minimum atomic E-state index is -0.161. The van der Waals surface area contributed by atoms with Gasteiger partial charge in [-0.1, -0.05) is 27.7 Å². The molecule has 1 aliphatic rings. The van der Waals surface area contributed by atoms with Crippen molar-refractivity contribution in [1.29, 1.82) is 0 Å². The maximum atomic E-state index is 5.92. The molecule has 5 heteroatoms. The molecule has 0 radical (unpaired) electrons. The Kier molecular flexibility index (Phi) is 8.13. The highest BCUT2D eigenvalue weighted by Gasteiger charge is 2.48. The van der Waals surface area contributed by atoms with E-state index in [0.29, 0.717) is 0 Å². The van der Waals surface area contributed by atoms with Crippen LogP contribution in [0.5, 0.6) is 0 Å². The van der Waals surface area contributed by atoms with Crippen LogP contribution in [0.1, 0.15) is 40.5 Å². The van der Waals surface area contributed by atoms with Crippen molar-refractivity contribution in [2.24, 2.45) is 0 Å². The molecule has 1 heterocycles. The summed E-state index contributed by atoms with van der Waals surface area (Å²) in [5.74, 6) is -0.161. The smallest absolute Gasteiger partial charge is 0.167 e. The zero-order valence-electron chi connectivity index (χ0n) is 15.1. The van der Waals surface area contributed by atoms with Gasteiger partial charge in [-0.15, -0.1) is 0 Å². The van der Waals surface area contributed by atoms with Gasteiger partial charge in [-0.3, -0.25) is 9.80 Å². The molecule has 0 aromatic carbocycles. The molecule has 1 saturated heterocycles. The summed E-state index contributed by atoms with van der Waals surface area (Å²) in [6.45, 7) is 15.8. The summed E-state index contributed by atoms with van der Waals surface area (Å²) in [6.07, 6.45) is 2.36. The number of hydrogen-bond acceptors (Lipinski definition) is 5. The maximum Gasteiger partial charge on any atom is 0.167 e. The number of likely N-dealkylation sites (N-methyl/N-ethyl adjacent to an activating group) is 2. The van der Waals surface area contributed by atoms with Gasteiger partial charge in [0.05, 0.1) is 13.2 Å². The number of hydrogen-bond donors (Lipinski definition) is 0. The van der Waals surface area contributed by atoms with E-state index in [0.717, 1.165) is 45.9 Å². The zero-order chi connectivity index (χ0) is 15.9. The van der Waals surface area contributed by atoms with Crippen LogP contribution in [0.4, 0.5) is 0 Å². The summed E-state index contributed by atoms with van der Waals surface area (Å²) >= 11 is 0. The molecular weight excluding hydrogens is 264 g/mol. The van der Waals surface area contributed by atoms with Crippen LogP contribution in [0, 0.1) is 0 Å². The first-order valence-corrected chi connectivity index (χ1v) is 8.61. The molecule has 1 aliphatic heterocycles. The number of nitrogens with zero attached hydrogens (tertiary/aromatic N) is 4. The Bertz CT molecular complexity index is 277. The van der Waals surface area contributed by atoms with Crippen molar-refractivity contribution < 1.29 is 4.74 Å². The second-order valence-electron chi connectivity index (χ2n) is 5.97. The minimum absolute atomic E-state index is 0.161. The van der Waals surface area contributed by atoms with Crippen LogP contribution >= 0.6 is 0 Å². The topological polar surface area (TPSA) is 22.2 Å². The first-order valence-electron chi connectivity index (χ1n) is 8.61. The fraction of sp³-hybridized carbons (Fsp3) is 1.00. The summed E-state index contributed by atoms with van der Waals surface area (Å²) < 4.78 is 5.92. The second kappa shape index (κ2) is 9.06. The third-order valence-electron chi connectivity index (χ3n) is 4.45. The van der Waals surface area contributed by atoms with Crippen LogP contribution in [-0.4, -0.2) is 85.6 Å². The number of ether oxygens (including phenoxy) is 1. The molecule has 0 bridgehead atoms. The average Bonchev–Trinajstić information content (AvgIpc) is 2.48. The Morgan fingerprint density at radius 1 is 1.00 bits per heavy atom. The average molecular weight is 300 g/mol. The van der Waals surface area contributed by atoms with Crippen molar-refractivity contribution >= 4 is 0 Å². The van der Waals surface area contributed by atoms with E-state index in [2.05, 4.69) is 61.6 Å². The summed E-state index contributed by atoms with van der Waals surface area (Å²) in [7, 11) is 4.35. The largest absolute Gasteiger partial charge is 0.375 e. The van der Waals surface area contributed by atoms with Crippen molar-refractivity contribution in [2.45, 2.75) is 46.3 Å². The molecule has 0 spiro atoms. The van der Waals surface area contributed by atoms with Gasteiger partial charge in [-0.05, 0) is 40.0 Å². The summed E-state index contributed by atoms with van der Waals surface area (Å²) in [5.41, 5.74) is 0. The molecule has 0 N–H and O–H groups in total. The molecule has 0 aromatic heterocycles. The van der Waals surface area contributed by atoms with E-state index in [1.54, 1.807) is 0 Å². The summed E-state index contributed by atoms with van der Waals surface area (Å²) in [6, 6.07) is 0. The first kappa shape index (κ1) is 18.8. The van der Waals surface area contributed by atoms with Crippen LogP contribution in [0.2, 0.25) is 0 Å². The van der Waals surface area contributed by atoms with Gasteiger partial charge in [0.1, 0.15) is 0 Å². The summed E-state index contributed by atoms with van der Waals surface area (Å²) in [4.78, 5) is 4.85. The predicted molar refractivity (Wildman–Crippen MR) is 89.0 cm³/mol. The van der Waals surface area contributed by atoms with Gasteiger partial charge in [0.15, 0.2) is 5.79 Å². The van der Waals surface area contributed by atoms with E-state index in [4.69, 9.17) is 4.74 Å². The monoisotopic (exact) mass is 300 g/mol. The highest BCUT2D eigenvalue weighted by atomic mass is 16.5. The molecule has 0 saturated carbocycles. The molecule has 0 amide bonds. The second-order valence-corrected chi connectivity index (χ2v) is 5.97. The fourth-order valence-electron chi connectivity index (χ4n) is 3.48. The van der Waals surface area contributed by atoms with E-state index >= 15 is 0 Å². The van der Waals surface area contributed by atoms with E-state index in [9.17, 15) is 0 Å². The normalized spacial score (nSPS) is 24.4. The van der Waals surface area contributed by atoms with Gasteiger partial charge in [-0.25, -0.2) is 10.0 Å². The van der Waals surface area contributed by atoms with Gasteiger partial charge >= 0.3 is 0 Å². The maximum absolute atomic E-state index is 5.92. The number of morpholine rings is 1. The van der Waals surface area contributed by atoms with Gasteiger partial charge in [-0.2, -0.15) is 0 Å². The van der Waals surface area contributed by atoms with Gasteiger partial charge in [0.25, 0.3) is 0 Å². The van der Waals surface area contributed by atoms with Crippen LogP contribution in [0.25, 0.3) is 0 Å². The van der Waals surface area contributed by atoms with Crippen molar-refractivity contribution in [3.63, 3.8) is 0 Å². The van der Waals surface area contributed by atoms with Crippen molar-refractivity contribution in [3.8, 4) is 0 Å². The highest BCUT2D eigenvalue weighted by molar-refractivity contribution is 4.89. The molecule has 1 unspecified atom stereocenters. The van der Waals surface area contributed by atoms with Crippen LogP contribution < -0.4 is 0 Å². The molecule has 21 heavy (non-hydrogen) atoms. The van der Waals surface area contributed by atoms with E-state index in [1.165, 1.54) is 12.8 Å². The number of rotatable bonds is 9. The van der Waals surface area contributed by atoms with E-state index in [1.807, 2.05) is 0 Å². The lowest BCUT2D eigenvalue weighted by Crippen LogP contribution is -2.76. The van der Waals surface area contributed by atoms with Crippen molar-refractivity contribution in [2.75, 3.05) is 60.0 Å². The van der Waals surface area contributed by atoms with Gasteiger partial charge in [0, 0.05) is 19.6 Å². The first-order chi connectivity index (χ1) is 10.1. The van der Waals surface area contributed by atoms with E-state index in [-0.39, 0.29) is 5.79 Å². The van der Waals surface area contributed by atoms with Crippen LogP contribution in [0.15, 0.2) is 0 Å². The quantitative estimate of drug-likeness (QED) is 0.605.